The molecule has 0 radical (unpaired) electrons. The second kappa shape index (κ2) is 9.26. The van der Waals surface area contributed by atoms with Crippen molar-refractivity contribution in [3.05, 3.63) is 78.6 Å². The summed E-state index contributed by atoms with van der Waals surface area (Å²) in [6.07, 6.45) is 2.98. The number of nitrogens with one attached hydrogen (secondary N) is 2. The van der Waals surface area contributed by atoms with Gasteiger partial charge in [0, 0.05) is 6.42 Å². The number of hydrogen-bond donors (Lipinski definition) is 2. The Morgan fingerprint density at radius 1 is 1.03 bits per heavy atom. The van der Waals surface area contributed by atoms with Gasteiger partial charge in [-0.15, -0.1) is 0 Å². The number of rotatable bonds is 6. The minimum atomic E-state index is -0.803. The summed E-state index contributed by atoms with van der Waals surface area (Å²) >= 11 is 0. The van der Waals surface area contributed by atoms with E-state index in [2.05, 4.69) is 15.7 Å². The lowest BCUT2D eigenvalue weighted by Crippen LogP contribution is -2.47. The van der Waals surface area contributed by atoms with E-state index in [4.69, 9.17) is 4.74 Å². The van der Waals surface area contributed by atoms with E-state index in [-0.39, 0.29) is 5.91 Å². The predicted octanol–water partition coefficient (Wildman–Crippen LogP) is 3.95. The third kappa shape index (κ3) is 6.20. The van der Waals surface area contributed by atoms with E-state index < -0.39 is 17.7 Å². The Hall–Kier alpha value is -3.61. The highest BCUT2D eigenvalue weighted by molar-refractivity contribution is 5.96. The highest BCUT2D eigenvalue weighted by Gasteiger charge is 2.25. The van der Waals surface area contributed by atoms with Gasteiger partial charge in [-0.3, -0.25) is 4.79 Å². The molecule has 0 saturated heterocycles. The minimum Gasteiger partial charge on any atom is -0.444 e. The zero-order chi connectivity index (χ0) is 21.6. The lowest BCUT2D eigenvalue weighted by atomic mass is 10.1. The largest absolute Gasteiger partial charge is 0.444 e. The van der Waals surface area contributed by atoms with Crippen LogP contribution in [0.4, 0.5) is 10.5 Å². The first kappa shape index (κ1) is 21.1. The third-order valence-electron chi connectivity index (χ3n) is 4.16. The van der Waals surface area contributed by atoms with Gasteiger partial charge in [-0.05, 0) is 38.5 Å². The van der Waals surface area contributed by atoms with Gasteiger partial charge < -0.3 is 15.4 Å². The zero-order valence-electron chi connectivity index (χ0n) is 17.3. The summed E-state index contributed by atoms with van der Waals surface area (Å²) < 4.78 is 6.99. The number of carbonyl (C=O) groups is 2. The fraction of sp³-hybridized carbons (Fsp3) is 0.261. The molecular formula is C23H26N4O3. The van der Waals surface area contributed by atoms with Crippen molar-refractivity contribution in [1.29, 1.82) is 0 Å². The molecule has 0 unspecified atom stereocenters. The van der Waals surface area contributed by atoms with E-state index in [1.165, 1.54) is 0 Å². The van der Waals surface area contributed by atoms with E-state index in [9.17, 15) is 9.59 Å². The Kier molecular flexibility index (Phi) is 6.51. The van der Waals surface area contributed by atoms with Gasteiger partial charge in [0.25, 0.3) is 0 Å². The Morgan fingerprint density at radius 3 is 2.30 bits per heavy atom. The fourth-order valence-corrected chi connectivity index (χ4v) is 2.85. The van der Waals surface area contributed by atoms with Crippen LogP contribution in [0.5, 0.6) is 0 Å². The second-order valence-corrected chi connectivity index (χ2v) is 7.89. The smallest absolute Gasteiger partial charge is 0.408 e. The maximum absolute atomic E-state index is 12.9. The van der Waals surface area contributed by atoms with Gasteiger partial charge in [-0.2, -0.15) is 5.10 Å². The summed E-state index contributed by atoms with van der Waals surface area (Å²) in [4.78, 5) is 25.2. The van der Waals surface area contributed by atoms with Crippen molar-refractivity contribution < 1.29 is 14.3 Å². The molecule has 30 heavy (non-hydrogen) atoms. The summed E-state index contributed by atoms with van der Waals surface area (Å²) in [5.74, 6) is -0.350. The van der Waals surface area contributed by atoms with Crippen LogP contribution in [0.1, 0.15) is 26.3 Å². The molecule has 1 heterocycles. The molecule has 156 valence electrons. The van der Waals surface area contributed by atoms with Crippen LogP contribution in [0.3, 0.4) is 0 Å². The number of benzene rings is 2. The van der Waals surface area contributed by atoms with Crippen LogP contribution < -0.4 is 10.6 Å². The Morgan fingerprint density at radius 2 is 1.67 bits per heavy atom. The molecule has 3 rings (SSSR count). The molecule has 7 heteroatoms. The number of aromatic nitrogens is 2. The SMILES string of the molecule is CC(C)(C)OC(=O)N[C@@H](Cc1ccccc1)C(=O)Nc1cnn(-c2ccccc2)c1. The van der Waals surface area contributed by atoms with E-state index in [1.54, 1.807) is 37.8 Å². The second-order valence-electron chi connectivity index (χ2n) is 7.89. The number of ether oxygens (including phenoxy) is 1. The van der Waals surface area contributed by atoms with Crippen LogP contribution in [0, 0.1) is 0 Å². The first-order valence-electron chi connectivity index (χ1n) is 9.74. The number of hydrogen-bond acceptors (Lipinski definition) is 4. The number of anilines is 1. The molecular weight excluding hydrogens is 380 g/mol. The van der Waals surface area contributed by atoms with E-state index in [0.29, 0.717) is 12.1 Å². The number of carbonyl (C=O) groups excluding carboxylic acids is 2. The number of nitrogens with zero attached hydrogens (tertiary/aromatic N) is 2. The van der Waals surface area contributed by atoms with E-state index in [0.717, 1.165) is 11.3 Å². The number of alkyl carbamates (subject to hydrolysis) is 1. The number of amides is 2. The van der Waals surface area contributed by atoms with Crippen molar-refractivity contribution in [3.63, 3.8) is 0 Å². The van der Waals surface area contributed by atoms with Gasteiger partial charge >= 0.3 is 6.09 Å². The first-order valence-corrected chi connectivity index (χ1v) is 9.74. The molecule has 0 spiro atoms. The summed E-state index contributed by atoms with van der Waals surface area (Å²) in [6, 6.07) is 18.3. The van der Waals surface area contributed by atoms with Crippen molar-refractivity contribution in [2.45, 2.75) is 38.8 Å². The molecule has 2 aromatic carbocycles. The van der Waals surface area contributed by atoms with Crippen LogP contribution >= 0.6 is 0 Å². The highest BCUT2D eigenvalue weighted by atomic mass is 16.6. The monoisotopic (exact) mass is 406 g/mol. The molecule has 0 aliphatic rings. The molecule has 3 aromatic rings. The molecule has 0 aliphatic heterocycles. The lowest BCUT2D eigenvalue weighted by molar-refractivity contribution is -0.118. The number of para-hydroxylation sites is 1. The van der Waals surface area contributed by atoms with Crippen LogP contribution in [-0.2, 0) is 16.0 Å². The summed E-state index contributed by atoms with van der Waals surface area (Å²) in [5.41, 5.74) is 1.68. The highest BCUT2D eigenvalue weighted by Crippen LogP contribution is 2.13. The maximum Gasteiger partial charge on any atom is 0.408 e. The lowest BCUT2D eigenvalue weighted by Gasteiger charge is -2.23. The first-order chi connectivity index (χ1) is 14.3. The van der Waals surface area contributed by atoms with Gasteiger partial charge in [0.1, 0.15) is 11.6 Å². The van der Waals surface area contributed by atoms with Crippen LogP contribution in [-0.4, -0.2) is 33.4 Å². The summed E-state index contributed by atoms with van der Waals surface area (Å²) in [5, 5.41) is 9.79. The Labute approximate surface area is 176 Å². The molecule has 1 atom stereocenters. The standard InChI is InChI=1S/C23H26N4O3/c1-23(2,3)30-22(29)26-20(14-17-10-6-4-7-11-17)21(28)25-18-15-24-27(16-18)19-12-8-5-9-13-19/h4-13,15-16,20H,14H2,1-3H3,(H,25,28)(H,26,29)/t20-/m0/s1. The van der Waals surface area contributed by atoms with Crippen molar-refractivity contribution in [3.8, 4) is 5.69 Å². The molecule has 7 nitrogen and oxygen atoms in total. The van der Waals surface area contributed by atoms with Crippen molar-refractivity contribution in [2.75, 3.05) is 5.32 Å². The zero-order valence-corrected chi connectivity index (χ0v) is 17.3. The average molecular weight is 406 g/mol. The fourth-order valence-electron chi connectivity index (χ4n) is 2.85. The molecule has 2 N–H and O–H groups in total. The van der Waals surface area contributed by atoms with Crippen molar-refractivity contribution in [1.82, 2.24) is 15.1 Å². The van der Waals surface area contributed by atoms with E-state index in [1.807, 2.05) is 60.7 Å². The van der Waals surface area contributed by atoms with Crippen LogP contribution in [0.15, 0.2) is 73.1 Å². The average Bonchev–Trinajstić information content (AvgIpc) is 3.16. The molecule has 2 amide bonds. The van der Waals surface area contributed by atoms with Gasteiger partial charge in [0.2, 0.25) is 5.91 Å². The van der Waals surface area contributed by atoms with E-state index >= 15 is 0 Å². The molecule has 1 aromatic heterocycles. The third-order valence-corrected chi connectivity index (χ3v) is 4.16. The van der Waals surface area contributed by atoms with Crippen molar-refractivity contribution in [2.24, 2.45) is 0 Å². The Balaban J connectivity index is 1.72. The molecule has 0 saturated carbocycles. The minimum absolute atomic E-state index is 0.332. The van der Waals surface area contributed by atoms with Crippen molar-refractivity contribution >= 4 is 17.7 Å². The summed E-state index contributed by atoms with van der Waals surface area (Å²) in [6.45, 7) is 5.32. The predicted molar refractivity (Wildman–Crippen MR) is 115 cm³/mol. The molecule has 0 fully saturated rings. The van der Waals surface area contributed by atoms with Gasteiger partial charge in [-0.25, -0.2) is 9.48 Å². The van der Waals surface area contributed by atoms with Crippen LogP contribution in [0.25, 0.3) is 5.69 Å². The van der Waals surface area contributed by atoms with Crippen LogP contribution in [0.2, 0.25) is 0 Å². The van der Waals surface area contributed by atoms with Gasteiger partial charge in [-0.1, -0.05) is 48.5 Å². The van der Waals surface area contributed by atoms with Gasteiger partial charge in [0.05, 0.1) is 23.8 Å². The topological polar surface area (TPSA) is 85.2 Å². The quantitative estimate of drug-likeness (QED) is 0.649. The molecule has 0 bridgehead atoms. The maximum atomic E-state index is 12.9. The summed E-state index contributed by atoms with van der Waals surface area (Å²) in [7, 11) is 0. The van der Waals surface area contributed by atoms with Gasteiger partial charge in [0.15, 0.2) is 0 Å². The Bertz CT molecular complexity index is 978. The molecule has 0 aliphatic carbocycles. The normalized spacial score (nSPS) is 12.1.